The predicted molar refractivity (Wildman–Crippen MR) is 65.5 cm³/mol. The monoisotopic (exact) mass is 220 g/mol. The first kappa shape index (κ1) is 11.4. The van der Waals surface area contributed by atoms with Crippen LogP contribution in [-0.4, -0.2) is 26.2 Å². The van der Waals surface area contributed by atoms with Gasteiger partial charge in [-0.1, -0.05) is 18.2 Å². The molecule has 0 spiro atoms. The number of ether oxygens (including phenoxy) is 1. The van der Waals surface area contributed by atoms with Crippen LogP contribution in [0.15, 0.2) is 30.3 Å². The van der Waals surface area contributed by atoms with Gasteiger partial charge in [0, 0.05) is 5.92 Å². The van der Waals surface area contributed by atoms with E-state index in [0.717, 1.165) is 25.4 Å². The molecule has 2 rings (SSSR count). The highest BCUT2D eigenvalue weighted by Gasteiger charge is 2.24. The standard InChI is InChI=1S/C13H20N2O/c14-8-12(11-6-7-15-9-11)10-16-13-4-2-1-3-5-13/h1-5,11-12,15H,6-10,14H2. The maximum Gasteiger partial charge on any atom is 0.119 e. The summed E-state index contributed by atoms with van der Waals surface area (Å²) >= 11 is 0. The summed E-state index contributed by atoms with van der Waals surface area (Å²) in [4.78, 5) is 0. The van der Waals surface area contributed by atoms with E-state index in [1.54, 1.807) is 0 Å². The molecule has 16 heavy (non-hydrogen) atoms. The van der Waals surface area contributed by atoms with Crippen molar-refractivity contribution in [2.75, 3.05) is 26.2 Å². The minimum Gasteiger partial charge on any atom is -0.493 e. The van der Waals surface area contributed by atoms with Gasteiger partial charge < -0.3 is 15.8 Å². The van der Waals surface area contributed by atoms with Crippen molar-refractivity contribution in [1.29, 1.82) is 0 Å². The molecule has 3 N–H and O–H groups in total. The van der Waals surface area contributed by atoms with Crippen LogP contribution in [-0.2, 0) is 0 Å². The van der Waals surface area contributed by atoms with E-state index < -0.39 is 0 Å². The van der Waals surface area contributed by atoms with Crippen LogP contribution in [0.1, 0.15) is 6.42 Å². The Bertz CT molecular complexity index is 296. The first-order valence-corrected chi connectivity index (χ1v) is 5.99. The quantitative estimate of drug-likeness (QED) is 0.785. The topological polar surface area (TPSA) is 47.3 Å². The summed E-state index contributed by atoms with van der Waals surface area (Å²) in [6.45, 7) is 3.64. The molecular formula is C13H20N2O. The van der Waals surface area contributed by atoms with Gasteiger partial charge in [-0.2, -0.15) is 0 Å². The van der Waals surface area contributed by atoms with Gasteiger partial charge in [0.2, 0.25) is 0 Å². The molecular weight excluding hydrogens is 200 g/mol. The average Bonchev–Trinajstić information content (AvgIpc) is 2.85. The van der Waals surface area contributed by atoms with Crippen LogP contribution in [0.3, 0.4) is 0 Å². The first-order valence-electron chi connectivity index (χ1n) is 5.99. The Morgan fingerprint density at radius 3 is 2.81 bits per heavy atom. The van der Waals surface area contributed by atoms with Crippen molar-refractivity contribution in [3.63, 3.8) is 0 Å². The lowest BCUT2D eigenvalue weighted by Gasteiger charge is -2.21. The van der Waals surface area contributed by atoms with E-state index in [9.17, 15) is 0 Å². The van der Waals surface area contributed by atoms with Crippen LogP contribution >= 0.6 is 0 Å². The van der Waals surface area contributed by atoms with Crippen molar-refractivity contribution in [2.24, 2.45) is 17.6 Å². The molecule has 1 fully saturated rings. The Morgan fingerprint density at radius 1 is 1.38 bits per heavy atom. The van der Waals surface area contributed by atoms with Gasteiger partial charge in [-0.25, -0.2) is 0 Å². The molecule has 0 amide bonds. The van der Waals surface area contributed by atoms with E-state index in [2.05, 4.69) is 5.32 Å². The van der Waals surface area contributed by atoms with Crippen LogP contribution in [0.4, 0.5) is 0 Å². The molecule has 3 heteroatoms. The van der Waals surface area contributed by atoms with Crippen LogP contribution in [0.25, 0.3) is 0 Å². The number of hydrogen-bond acceptors (Lipinski definition) is 3. The van der Waals surface area contributed by atoms with E-state index in [1.165, 1.54) is 6.42 Å². The van der Waals surface area contributed by atoms with Gasteiger partial charge in [0.25, 0.3) is 0 Å². The van der Waals surface area contributed by atoms with Crippen molar-refractivity contribution in [2.45, 2.75) is 6.42 Å². The van der Waals surface area contributed by atoms with Crippen LogP contribution in [0.2, 0.25) is 0 Å². The highest BCUT2D eigenvalue weighted by molar-refractivity contribution is 5.20. The highest BCUT2D eigenvalue weighted by atomic mass is 16.5. The minimum atomic E-state index is 0.468. The van der Waals surface area contributed by atoms with Gasteiger partial charge >= 0.3 is 0 Å². The molecule has 3 nitrogen and oxygen atoms in total. The Balaban J connectivity index is 1.83. The molecule has 2 atom stereocenters. The zero-order chi connectivity index (χ0) is 11.2. The maximum absolute atomic E-state index is 5.81. The number of hydrogen-bond donors (Lipinski definition) is 2. The van der Waals surface area contributed by atoms with E-state index >= 15 is 0 Å². The third kappa shape index (κ3) is 2.97. The maximum atomic E-state index is 5.81. The Morgan fingerprint density at radius 2 is 2.19 bits per heavy atom. The minimum absolute atomic E-state index is 0.468. The normalized spacial score (nSPS) is 21.9. The Kier molecular flexibility index (Phi) is 4.19. The molecule has 1 aliphatic heterocycles. The second-order valence-corrected chi connectivity index (χ2v) is 4.37. The fourth-order valence-electron chi connectivity index (χ4n) is 2.20. The van der Waals surface area contributed by atoms with Gasteiger partial charge in [0.15, 0.2) is 0 Å². The molecule has 1 aliphatic rings. The van der Waals surface area contributed by atoms with Crippen molar-refractivity contribution >= 4 is 0 Å². The molecule has 1 heterocycles. The van der Waals surface area contributed by atoms with Gasteiger partial charge in [-0.3, -0.25) is 0 Å². The lowest BCUT2D eigenvalue weighted by molar-refractivity contribution is 0.206. The second-order valence-electron chi connectivity index (χ2n) is 4.37. The molecule has 2 unspecified atom stereocenters. The third-order valence-corrected chi connectivity index (χ3v) is 3.28. The first-order chi connectivity index (χ1) is 7.90. The number of para-hydroxylation sites is 1. The van der Waals surface area contributed by atoms with E-state index in [1.807, 2.05) is 30.3 Å². The van der Waals surface area contributed by atoms with Crippen molar-refractivity contribution < 1.29 is 4.74 Å². The third-order valence-electron chi connectivity index (χ3n) is 3.28. The number of rotatable bonds is 5. The molecule has 0 aliphatic carbocycles. The van der Waals surface area contributed by atoms with Crippen molar-refractivity contribution in [1.82, 2.24) is 5.32 Å². The molecule has 88 valence electrons. The summed E-state index contributed by atoms with van der Waals surface area (Å²) in [5.74, 6) is 2.08. The van der Waals surface area contributed by atoms with Crippen molar-refractivity contribution in [3.8, 4) is 5.75 Å². The largest absolute Gasteiger partial charge is 0.493 e. The number of benzene rings is 1. The number of nitrogens with one attached hydrogen (secondary N) is 1. The Labute approximate surface area is 97.0 Å². The molecule has 1 aromatic carbocycles. The lowest BCUT2D eigenvalue weighted by Crippen LogP contribution is -2.30. The van der Waals surface area contributed by atoms with Gasteiger partial charge in [-0.05, 0) is 44.1 Å². The SMILES string of the molecule is NCC(COc1ccccc1)C1CCNC1. The summed E-state index contributed by atoms with van der Waals surface area (Å²) in [5, 5.41) is 3.37. The smallest absolute Gasteiger partial charge is 0.119 e. The summed E-state index contributed by atoms with van der Waals surface area (Å²) in [6, 6.07) is 9.95. The molecule has 0 aromatic heterocycles. The zero-order valence-corrected chi connectivity index (χ0v) is 9.56. The predicted octanol–water partition coefficient (Wildman–Crippen LogP) is 1.25. The molecule has 0 saturated carbocycles. The van der Waals surface area contributed by atoms with Crippen LogP contribution in [0.5, 0.6) is 5.75 Å². The average molecular weight is 220 g/mol. The summed E-state index contributed by atoms with van der Waals surface area (Å²) in [6.07, 6.45) is 1.22. The molecule has 0 bridgehead atoms. The molecule has 1 aromatic rings. The second kappa shape index (κ2) is 5.87. The summed E-state index contributed by atoms with van der Waals surface area (Å²) < 4.78 is 5.76. The van der Waals surface area contributed by atoms with E-state index in [4.69, 9.17) is 10.5 Å². The zero-order valence-electron chi connectivity index (χ0n) is 9.56. The highest BCUT2D eigenvalue weighted by Crippen LogP contribution is 2.19. The van der Waals surface area contributed by atoms with E-state index in [0.29, 0.717) is 18.4 Å². The molecule has 0 radical (unpaired) electrons. The van der Waals surface area contributed by atoms with Gasteiger partial charge in [0.1, 0.15) is 5.75 Å². The van der Waals surface area contributed by atoms with Crippen LogP contribution in [0, 0.1) is 11.8 Å². The van der Waals surface area contributed by atoms with E-state index in [-0.39, 0.29) is 0 Å². The fourth-order valence-corrected chi connectivity index (χ4v) is 2.20. The summed E-state index contributed by atoms with van der Waals surface area (Å²) in [7, 11) is 0. The van der Waals surface area contributed by atoms with Gasteiger partial charge in [-0.15, -0.1) is 0 Å². The molecule has 1 saturated heterocycles. The van der Waals surface area contributed by atoms with Crippen molar-refractivity contribution in [3.05, 3.63) is 30.3 Å². The van der Waals surface area contributed by atoms with Gasteiger partial charge in [0.05, 0.1) is 6.61 Å². The Hall–Kier alpha value is -1.06. The summed E-state index contributed by atoms with van der Waals surface area (Å²) in [5.41, 5.74) is 5.81. The van der Waals surface area contributed by atoms with Crippen LogP contribution < -0.4 is 15.8 Å². The lowest BCUT2D eigenvalue weighted by atomic mass is 9.92. The fraction of sp³-hybridized carbons (Fsp3) is 0.538. The number of nitrogens with two attached hydrogens (primary N) is 1.